The van der Waals surface area contributed by atoms with Crippen LogP contribution in [0.3, 0.4) is 0 Å². The van der Waals surface area contributed by atoms with Crippen LogP contribution in [0.1, 0.15) is 63.5 Å². The highest BCUT2D eigenvalue weighted by Crippen LogP contribution is 2.31. The third-order valence-corrected chi connectivity index (χ3v) is 4.36. The highest BCUT2D eigenvalue weighted by Gasteiger charge is 2.26. The van der Waals surface area contributed by atoms with Crippen LogP contribution in [0.2, 0.25) is 0 Å². The Labute approximate surface area is 121 Å². The average Bonchev–Trinajstić information content (AvgIpc) is 2.71. The van der Waals surface area contributed by atoms with Crippen molar-refractivity contribution in [3.05, 3.63) is 15.6 Å². The van der Waals surface area contributed by atoms with Gasteiger partial charge in [-0.2, -0.15) is 0 Å². The number of aromatic nitrogens is 1. The first-order valence-electron chi connectivity index (χ1n) is 7.27. The van der Waals surface area contributed by atoms with Gasteiger partial charge in [0.05, 0.1) is 5.69 Å². The summed E-state index contributed by atoms with van der Waals surface area (Å²) in [5, 5.41) is 4.58. The van der Waals surface area contributed by atoms with Crippen molar-refractivity contribution in [2.75, 3.05) is 6.61 Å². The Morgan fingerprint density at radius 3 is 2.53 bits per heavy atom. The van der Waals surface area contributed by atoms with Gasteiger partial charge in [0, 0.05) is 24.1 Å². The smallest absolute Gasteiger partial charge is 0.125 e. The highest BCUT2D eigenvalue weighted by molar-refractivity contribution is 7.11. The summed E-state index contributed by atoms with van der Waals surface area (Å²) in [4.78, 5) is 6.18. The van der Waals surface area contributed by atoms with Crippen LogP contribution in [0.5, 0.6) is 0 Å². The molecule has 0 amide bonds. The number of nitrogens with one attached hydrogen (secondary N) is 1. The molecule has 0 aliphatic rings. The van der Waals surface area contributed by atoms with E-state index in [0.29, 0.717) is 6.04 Å². The Bertz CT molecular complexity index is 385. The normalized spacial score (nSPS) is 12.4. The zero-order valence-corrected chi connectivity index (χ0v) is 14.0. The van der Waals surface area contributed by atoms with E-state index < -0.39 is 0 Å². The van der Waals surface area contributed by atoms with Crippen LogP contribution in [0.25, 0.3) is 0 Å². The van der Waals surface area contributed by atoms with Gasteiger partial charge in [-0.1, -0.05) is 27.2 Å². The molecule has 0 spiro atoms. The molecule has 1 aromatic heterocycles. The monoisotopic (exact) mass is 284 g/mol. The summed E-state index contributed by atoms with van der Waals surface area (Å²) in [6.45, 7) is 14.4. The highest BCUT2D eigenvalue weighted by atomic mass is 32.1. The van der Waals surface area contributed by atoms with E-state index in [1.165, 1.54) is 10.6 Å². The van der Waals surface area contributed by atoms with Gasteiger partial charge in [-0.15, -0.1) is 11.3 Å². The van der Waals surface area contributed by atoms with Crippen molar-refractivity contribution in [3.8, 4) is 0 Å². The fraction of sp³-hybridized carbons (Fsp3) is 0.800. The largest absolute Gasteiger partial charge is 0.369 e. The molecule has 0 saturated carbocycles. The predicted molar refractivity (Wildman–Crippen MR) is 82.7 cm³/mol. The van der Waals surface area contributed by atoms with Gasteiger partial charge in [0.15, 0.2) is 0 Å². The molecule has 0 fully saturated rings. The molecule has 0 atom stereocenters. The molecule has 0 unspecified atom stereocenters. The van der Waals surface area contributed by atoms with Gasteiger partial charge >= 0.3 is 0 Å². The van der Waals surface area contributed by atoms with Gasteiger partial charge in [0.1, 0.15) is 10.6 Å². The number of hydrogen-bond donors (Lipinski definition) is 1. The van der Waals surface area contributed by atoms with E-state index in [2.05, 4.69) is 39.9 Å². The van der Waals surface area contributed by atoms with Crippen LogP contribution in [-0.4, -0.2) is 17.6 Å². The lowest BCUT2D eigenvalue weighted by atomic mass is 10.1. The Balaban J connectivity index is 2.92. The van der Waals surface area contributed by atoms with Crippen LogP contribution >= 0.6 is 11.3 Å². The maximum absolute atomic E-state index is 5.81. The van der Waals surface area contributed by atoms with Crippen molar-refractivity contribution in [1.29, 1.82) is 0 Å². The van der Waals surface area contributed by atoms with E-state index in [1.54, 1.807) is 11.3 Å². The van der Waals surface area contributed by atoms with Gasteiger partial charge in [0.25, 0.3) is 0 Å². The molecule has 4 heteroatoms. The summed E-state index contributed by atoms with van der Waals surface area (Å²) in [5.41, 5.74) is 0.960. The fourth-order valence-corrected chi connectivity index (χ4v) is 3.05. The number of hydrogen-bond acceptors (Lipinski definition) is 4. The lowest BCUT2D eigenvalue weighted by molar-refractivity contribution is -0.0142. The summed E-state index contributed by atoms with van der Waals surface area (Å²) in [7, 11) is 0. The van der Waals surface area contributed by atoms with Gasteiger partial charge in [-0.3, -0.25) is 0 Å². The Kier molecular flexibility index (Phi) is 6.43. The van der Waals surface area contributed by atoms with Crippen molar-refractivity contribution < 1.29 is 4.74 Å². The van der Waals surface area contributed by atoms with E-state index in [0.717, 1.165) is 31.0 Å². The molecule has 110 valence electrons. The summed E-state index contributed by atoms with van der Waals surface area (Å²) in [6.07, 6.45) is 2.18. The molecular formula is C15H28N2OS. The molecule has 0 saturated heterocycles. The molecule has 19 heavy (non-hydrogen) atoms. The molecule has 0 bridgehead atoms. The van der Waals surface area contributed by atoms with E-state index >= 15 is 0 Å². The molecule has 1 aromatic rings. The van der Waals surface area contributed by atoms with Crippen molar-refractivity contribution >= 4 is 11.3 Å². The molecular weight excluding hydrogens is 256 g/mol. The summed E-state index contributed by atoms with van der Waals surface area (Å²) < 4.78 is 5.81. The van der Waals surface area contributed by atoms with Crippen molar-refractivity contribution in [3.63, 3.8) is 0 Å². The summed E-state index contributed by atoms with van der Waals surface area (Å²) >= 11 is 1.79. The van der Waals surface area contributed by atoms with Gasteiger partial charge in [-0.25, -0.2) is 4.98 Å². The quantitative estimate of drug-likeness (QED) is 0.787. The van der Waals surface area contributed by atoms with Crippen LogP contribution < -0.4 is 5.32 Å². The Morgan fingerprint density at radius 1 is 1.32 bits per heavy atom. The first kappa shape index (κ1) is 16.6. The van der Waals surface area contributed by atoms with Crippen molar-refractivity contribution in [2.45, 2.75) is 72.6 Å². The summed E-state index contributed by atoms with van der Waals surface area (Å²) in [5.74, 6) is 0. The van der Waals surface area contributed by atoms with Gasteiger partial charge < -0.3 is 10.1 Å². The number of aryl methyl sites for hydroxylation is 1. The summed E-state index contributed by atoms with van der Waals surface area (Å²) in [6, 6.07) is 0.500. The van der Waals surface area contributed by atoms with E-state index in [9.17, 15) is 0 Å². The standard InChI is InChI=1S/C15H28N2OS/c1-7-9-12-13(10-16-11(3)4)19-14(17-12)15(5,6)18-8-2/h11,16H,7-10H2,1-6H3. The van der Waals surface area contributed by atoms with Gasteiger partial charge in [0.2, 0.25) is 0 Å². The minimum absolute atomic E-state index is 0.280. The molecule has 0 aromatic carbocycles. The number of nitrogens with zero attached hydrogens (tertiary/aromatic N) is 1. The van der Waals surface area contributed by atoms with Crippen molar-refractivity contribution in [2.24, 2.45) is 0 Å². The fourth-order valence-electron chi connectivity index (χ4n) is 1.93. The van der Waals surface area contributed by atoms with E-state index in [-0.39, 0.29) is 5.60 Å². The number of rotatable bonds is 8. The minimum atomic E-state index is -0.280. The maximum atomic E-state index is 5.81. The molecule has 1 N–H and O–H groups in total. The zero-order valence-electron chi connectivity index (χ0n) is 13.2. The molecule has 1 rings (SSSR count). The minimum Gasteiger partial charge on any atom is -0.369 e. The van der Waals surface area contributed by atoms with Crippen LogP contribution in [0.4, 0.5) is 0 Å². The van der Waals surface area contributed by atoms with Crippen LogP contribution in [0, 0.1) is 0 Å². The Hall–Kier alpha value is -0.450. The lowest BCUT2D eigenvalue weighted by Crippen LogP contribution is -2.21. The molecule has 1 heterocycles. The first-order chi connectivity index (χ1) is 8.90. The Morgan fingerprint density at radius 2 is 2.00 bits per heavy atom. The van der Waals surface area contributed by atoms with Crippen molar-refractivity contribution in [1.82, 2.24) is 10.3 Å². The van der Waals surface area contributed by atoms with E-state index in [4.69, 9.17) is 9.72 Å². The SMILES string of the molecule is CCCc1nc(C(C)(C)OCC)sc1CNC(C)C. The predicted octanol–water partition coefficient (Wildman–Crippen LogP) is 3.87. The topological polar surface area (TPSA) is 34.1 Å². The molecule has 3 nitrogen and oxygen atoms in total. The second-order valence-electron chi connectivity index (χ2n) is 5.62. The molecule has 0 radical (unpaired) electrons. The second-order valence-corrected chi connectivity index (χ2v) is 6.70. The molecule has 0 aliphatic carbocycles. The third kappa shape index (κ3) is 4.86. The van der Waals surface area contributed by atoms with Gasteiger partial charge in [-0.05, 0) is 27.2 Å². The molecule has 0 aliphatic heterocycles. The number of ether oxygens (including phenoxy) is 1. The van der Waals surface area contributed by atoms with Crippen LogP contribution in [-0.2, 0) is 23.3 Å². The second kappa shape index (κ2) is 7.36. The first-order valence-corrected chi connectivity index (χ1v) is 8.08. The van der Waals surface area contributed by atoms with E-state index in [1.807, 2.05) is 6.92 Å². The number of thiazole rings is 1. The average molecular weight is 284 g/mol. The lowest BCUT2D eigenvalue weighted by Gasteiger charge is -2.21. The van der Waals surface area contributed by atoms with Crippen LogP contribution in [0.15, 0.2) is 0 Å². The zero-order chi connectivity index (χ0) is 14.5. The third-order valence-electron chi connectivity index (χ3n) is 2.96. The maximum Gasteiger partial charge on any atom is 0.125 e.